The van der Waals surface area contributed by atoms with Gasteiger partial charge in [0.05, 0.1) is 7.11 Å². The molecule has 0 radical (unpaired) electrons. The van der Waals surface area contributed by atoms with Crippen LogP contribution in [0.1, 0.15) is 18.4 Å². The van der Waals surface area contributed by atoms with Crippen LogP contribution in [0.5, 0.6) is 17.2 Å². The molecule has 2 aliphatic rings. The molecular formula is C16H19N3O6. The van der Waals surface area contributed by atoms with Gasteiger partial charge in [0.2, 0.25) is 5.91 Å². The van der Waals surface area contributed by atoms with Crippen molar-refractivity contribution in [2.75, 3.05) is 20.3 Å². The van der Waals surface area contributed by atoms with Crippen LogP contribution in [0, 0.1) is 0 Å². The lowest BCUT2D eigenvalue weighted by Crippen LogP contribution is -2.31. The molecule has 1 aromatic rings. The fourth-order valence-corrected chi connectivity index (χ4v) is 2.66. The number of fused-ring (bicyclic) bond motifs is 1. The first kappa shape index (κ1) is 16.9. The van der Waals surface area contributed by atoms with E-state index in [4.69, 9.17) is 14.2 Å². The highest BCUT2D eigenvalue weighted by Gasteiger charge is 2.29. The summed E-state index contributed by atoms with van der Waals surface area (Å²) in [5, 5.41) is 7.36. The maximum absolute atomic E-state index is 12.0. The SMILES string of the molecule is COc1cc2c(cc1CNC(=O)CC[C@H]1NC(=O)NC1=O)OCCO2. The summed E-state index contributed by atoms with van der Waals surface area (Å²) in [5.74, 6) is 1.17. The van der Waals surface area contributed by atoms with Crippen molar-refractivity contribution in [3.63, 3.8) is 0 Å². The van der Waals surface area contributed by atoms with Gasteiger partial charge in [0.1, 0.15) is 25.0 Å². The number of ether oxygens (including phenoxy) is 3. The van der Waals surface area contributed by atoms with Gasteiger partial charge in [0, 0.05) is 24.6 Å². The van der Waals surface area contributed by atoms with Crippen LogP contribution in [-0.2, 0) is 16.1 Å². The van der Waals surface area contributed by atoms with Gasteiger partial charge >= 0.3 is 6.03 Å². The van der Waals surface area contributed by atoms with E-state index in [1.165, 1.54) is 7.11 Å². The van der Waals surface area contributed by atoms with Gasteiger partial charge < -0.3 is 24.8 Å². The second kappa shape index (κ2) is 7.29. The molecule has 2 heterocycles. The number of methoxy groups -OCH3 is 1. The van der Waals surface area contributed by atoms with Gasteiger partial charge in [-0.1, -0.05) is 0 Å². The lowest BCUT2D eigenvalue weighted by molar-refractivity contribution is -0.122. The lowest BCUT2D eigenvalue weighted by Gasteiger charge is -2.21. The number of hydrogen-bond donors (Lipinski definition) is 3. The molecule has 9 nitrogen and oxygen atoms in total. The number of rotatable bonds is 6. The number of carbonyl (C=O) groups excluding carboxylic acids is 3. The molecule has 134 valence electrons. The minimum absolute atomic E-state index is 0.116. The van der Waals surface area contributed by atoms with E-state index in [1.807, 2.05) is 0 Å². The Morgan fingerprint density at radius 3 is 2.64 bits per heavy atom. The molecule has 1 atom stereocenters. The van der Waals surface area contributed by atoms with Crippen LogP contribution in [0.4, 0.5) is 4.79 Å². The van der Waals surface area contributed by atoms with E-state index in [-0.39, 0.29) is 25.3 Å². The van der Waals surface area contributed by atoms with Crippen LogP contribution < -0.4 is 30.2 Å². The second-order valence-corrected chi connectivity index (χ2v) is 5.64. The molecule has 0 unspecified atom stereocenters. The number of nitrogens with one attached hydrogen (secondary N) is 3. The van der Waals surface area contributed by atoms with E-state index in [2.05, 4.69) is 16.0 Å². The Hall–Kier alpha value is -2.97. The minimum atomic E-state index is -0.665. The second-order valence-electron chi connectivity index (χ2n) is 5.64. The summed E-state index contributed by atoms with van der Waals surface area (Å²) >= 11 is 0. The molecule has 1 aromatic carbocycles. The third-order valence-electron chi connectivity index (χ3n) is 3.94. The maximum Gasteiger partial charge on any atom is 0.322 e. The molecule has 0 saturated carbocycles. The summed E-state index contributed by atoms with van der Waals surface area (Å²) in [6, 6.07) is 2.31. The number of urea groups is 1. The Balaban J connectivity index is 1.55. The molecule has 4 amide bonds. The van der Waals surface area contributed by atoms with Crippen LogP contribution in [-0.4, -0.2) is 44.2 Å². The molecule has 0 aromatic heterocycles. The highest BCUT2D eigenvalue weighted by Crippen LogP contribution is 2.36. The van der Waals surface area contributed by atoms with Gasteiger partial charge in [-0.25, -0.2) is 4.79 Å². The van der Waals surface area contributed by atoms with Crippen molar-refractivity contribution >= 4 is 17.8 Å². The molecule has 0 spiro atoms. The van der Waals surface area contributed by atoms with E-state index in [0.29, 0.717) is 30.5 Å². The zero-order valence-electron chi connectivity index (χ0n) is 13.7. The number of imide groups is 1. The summed E-state index contributed by atoms with van der Waals surface area (Å²) in [6.07, 6.45) is 0.354. The lowest BCUT2D eigenvalue weighted by atomic mass is 10.1. The molecule has 1 saturated heterocycles. The predicted octanol–water partition coefficient (Wildman–Crippen LogP) is 0.0708. The van der Waals surface area contributed by atoms with Gasteiger partial charge in [-0.05, 0) is 12.5 Å². The summed E-state index contributed by atoms with van der Waals surface area (Å²) in [7, 11) is 1.54. The molecule has 2 aliphatic heterocycles. The van der Waals surface area contributed by atoms with Gasteiger partial charge in [-0.3, -0.25) is 14.9 Å². The third-order valence-corrected chi connectivity index (χ3v) is 3.94. The van der Waals surface area contributed by atoms with E-state index < -0.39 is 18.0 Å². The molecule has 3 rings (SSSR count). The van der Waals surface area contributed by atoms with Crippen LogP contribution in [0.25, 0.3) is 0 Å². The topological polar surface area (TPSA) is 115 Å². The standard InChI is InChI=1S/C16H19N3O6/c1-23-11-7-13-12(24-4-5-25-13)6-9(11)8-17-14(20)3-2-10-15(21)19-16(22)18-10/h6-7,10H,2-5,8H2,1H3,(H,17,20)(H2,18,19,21,22)/t10-/m1/s1. The van der Waals surface area contributed by atoms with Crippen molar-refractivity contribution in [2.24, 2.45) is 0 Å². The van der Waals surface area contributed by atoms with Crippen molar-refractivity contribution in [2.45, 2.75) is 25.4 Å². The number of benzene rings is 1. The first-order valence-corrected chi connectivity index (χ1v) is 7.91. The van der Waals surface area contributed by atoms with E-state index in [0.717, 1.165) is 5.56 Å². The summed E-state index contributed by atoms with van der Waals surface area (Å²) in [6.45, 7) is 1.21. The van der Waals surface area contributed by atoms with Crippen molar-refractivity contribution < 1.29 is 28.6 Å². The Labute approximate surface area is 144 Å². The third kappa shape index (κ3) is 3.93. The number of hydrogen-bond acceptors (Lipinski definition) is 6. The fraction of sp³-hybridized carbons (Fsp3) is 0.438. The van der Waals surface area contributed by atoms with Crippen LogP contribution in [0.15, 0.2) is 12.1 Å². The monoisotopic (exact) mass is 349 g/mol. The van der Waals surface area contributed by atoms with Gasteiger partial charge in [0.15, 0.2) is 11.5 Å². The first-order chi connectivity index (χ1) is 12.1. The van der Waals surface area contributed by atoms with Gasteiger partial charge in [-0.2, -0.15) is 0 Å². The Morgan fingerprint density at radius 2 is 2.00 bits per heavy atom. The normalized spacial score (nSPS) is 18.4. The molecular weight excluding hydrogens is 330 g/mol. The van der Waals surface area contributed by atoms with E-state index in [9.17, 15) is 14.4 Å². The molecule has 0 aliphatic carbocycles. The van der Waals surface area contributed by atoms with Crippen LogP contribution in [0.3, 0.4) is 0 Å². The van der Waals surface area contributed by atoms with Crippen molar-refractivity contribution in [1.29, 1.82) is 0 Å². The number of amides is 4. The predicted molar refractivity (Wildman–Crippen MR) is 85.5 cm³/mol. The van der Waals surface area contributed by atoms with Gasteiger partial charge in [0.25, 0.3) is 5.91 Å². The van der Waals surface area contributed by atoms with Crippen LogP contribution in [0.2, 0.25) is 0 Å². The zero-order chi connectivity index (χ0) is 17.8. The zero-order valence-corrected chi connectivity index (χ0v) is 13.7. The largest absolute Gasteiger partial charge is 0.496 e. The van der Waals surface area contributed by atoms with Gasteiger partial charge in [-0.15, -0.1) is 0 Å². The number of carbonyl (C=O) groups is 3. The van der Waals surface area contributed by atoms with E-state index in [1.54, 1.807) is 12.1 Å². The highest BCUT2D eigenvalue weighted by molar-refractivity contribution is 6.04. The maximum atomic E-state index is 12.0. The molecule has 0 bridgehead atoms. The summed E-state index contributed by atoms with van der Waals surface area (Å²) in [4.78, 5) is 34.5. The fourth-order valence-electron chi connectivity index (χ4n) is 2.66. The smallest absolute Gasteiger partial charge is 0.322 e. The Morgan fingerprint density at radius 1 is 1.28 bits per heavy atom. The van der Waals surface area contributed by atoms with Crippen molar-refractivity contribution in [3.8, 4) is 17.2 Å². The molecule has 25 heavy (non-hydrogen) atoms. The quantitative estimate of drug-likeness (QED) is 0.626. The average molecular weight is 349 g/mol. The molecule has 9 heteroatoms. The van der Waals surface area contributed by atoms with E-state index >= 15 is 0 Å². The minimum Gasteiger partial charge on any atom is -0.496 e. The molecule has 1 fully saturated rings. The highest BCUT2D eigenvalue weighted by atomic mass is 16.6. The Kier molecular flexibility index (Phi) is 4.92. The summed E-state index contributed by atoms with van der Waals surface area (Å²) in [5.41, 5.74) is 0.756. The Bertz CT molecular complexity index is 705. The van der Waals surface area contributed by atoms with Crippen molar-refractivity contribution in [1.82, 2.24) is 16.0 Å². The average Bonchev–Trinajstić information content (AvgIpc) is 2.94. The van der Waals surface area contributed by atoms with Crippen molar-refractivity contribution in [3.05, 3.63) is 17.7 Å². The van der Waals surface area contributed by atoms with Crippen LogP contribution >= 0.6 is 0 Å². The first-order valence-electron chi connectivity index (χ1n) is 7.91. The molecule has 3 N–H and O–H groups in total. The summed E-state index contributed by atoms with van der Waals surface area (Å²) < 4.78 is 16.3.